The molecule has 1 aromatic rings. The molecular weight excluding hydrogens is 250 g/mol. The summed E-state index contributed by atoms with van der Waals surface area (Å²) in [6.45, 7) is 0. The molecule has 14 heavy (non-hydrogen) atoms. The molecule has 0 saturated heterocycles. The molecule has 0 aliphatic rings. The van der Waals surface area contributed by atoms with Gasteiger partial charge in [-0.05, 0) is 12.1 Å². The van der Waals surface area contributed by atoms with E-state index in [4.69, 9.17) is 4.84 Å². The first-order valence-electron chi connectivity index (χ1n) is 3.93. The summed E-state index contributed by atoms with van der Waals surface area (Å²) in [6, 6.07) is 5.25. The Bertz CT molecular complexity index is 341. The summed E-state index contributed by atoms with van der Waals surface area (Å²) in [4.78, 5) is 16.2. The van der Waals surface area contributed by atoms with Crippen LogP contribution in [-0.4, -0.2) is 20.2 Å². The maximum Gasteiger partial charge on any atom is 0.344 e. The number of hydrogen-bond acceptors (Lipinski definition) is 3. The van der Waals surface area contributed by atoms with Crippen LogP contribution >= 0.6 is 15.9 Å². The molecule has 0 saturated carbocycles. The van der Waals surface area contributed by atoms with Crippen LogP contribution in [-0.2, 0) is 9.57 Å². The Labute approximate surface area is 90.3 Å². The fourth-order valence-electron chi connectivity index (χ4n) is 1.05. The second-order valence-corrected chi connectivity index (χ2v) is 3.49. The molecule has 76 valence electrons. The maximum absolute atomic E-state index is 11.3. The van der Waals surface area contributed by atoms with Crippen LogP contribution in [0.5, 0.6) is 0 Å². The molecule has 0 bridgehead atoms. The highest BCUT2D eigenvalue weighted by molar-refractivity contribution is 9.10. The van der Waals surface area contributed by atoms with Crippen molar-refractivity contribution in [2.75, 3.05) is 14.2 Å². The number of ether oxygens (including phenoxy) is 1. The number of quaternary nitrogens is 1. The minimum atomic E-state index is -0.374. The van der Waals surface area contributed by atoms with Crippen LogP contribution in [0.25, 0.3) is 0 Å². The predicted octanol–water partition coefficient (Wildman–Crippen LogP) is 0.992. The standard InChI is InChI=1S/C9H10BrNO3/c1-13-9(12)7-4-3-6(10)5-8(7)11-14-2/h3-5,11H,1-2H3/p+1. The molecule has 0 aromatic heterocycles. The lowest BCUT2D eigenvalue weighted by molar-refractivity contribution is -0.830. The summed E-state index contributed by atoms with van der Waals surface area (Å²) in [7, 11) is 2.88. The molecule has 0 aliphatic carbocycles. The van der Waals surface area contributed by atoms with E-state index in [1.807, 2.05) is 0 Å². The number of halogens is 1. The number of methoxy groups -OCH3 is 1. The SMILES string of the molecule is CO[NH2+]c1cc(Br)ccc1C(=O)OC. The Balaban J connectivity index is 3.07. The van der Waals surface area contributed by atoms with Crippen molar-refractivity contribution < 1.29 is 19.8 Å². The highest BCUT2D eigenvalue weighted by atomic mass is 79.9. The highest BCUT2D eigenvalue weighted by Gasteiger charge is 2.15. The van der Waals surface area contributed by atoms with E-state index < -0.39 is 0 Å². The van der Waals surface area contributed by atoms with Crippen molar-refractivity contribution in [2.24, 2.45) is 0 Å². The van der Waals surface area contributed by atoms with Crippen LogP contribution in [0.15, 0.2) is 22.7 Å². The van der Waals surface area contributed by atoms with Crippen molar-refractivity contribution in [1.29, 1.82) is 0 Å². The summed E-state index contributed by atoms with van der Waals surface area (Å²) in [6.07, 6.45) is 0. The third kappa shape index (κ3) is 2.54. The molecule has 0 amide bonds. The Hall–Kier alpha value is -0.910. The van der Waals surface area contributed by atoms with E-state index >= 15 is 0 Å². The Morgan fingerprint density at radius 2 is 2.14 bits per heavy atom. The number of hydrogen-bond donors (Lipinski definition) is 1. The average Bonchev–Trinajstić information content (AvgIpc) is 2.17. The van der Waals surface area contributed by atoms with E-state index in [0.717, 1.165) is 4.47 Å². The Kier molecular flexibility index (Phi) is 4.06. The molecule has 0 aliphatic heterocycles. The highest BCUT2D eigenvalue weighted by Crippen LogP contribution is 2.18. The van der Waals surface area contributed by atoms with Crippen LogP contribution < -0.4 is 5.48 Å². The van der Waals surface area contributed by atoms with Gasteiger partial charge in [0.15, 0.2) is 5.69 Å². The second kappa shape index (κ2) is 5.09. The van der Waals surface area contributed by atoms with Gasteiger partial charge in [-0.15, -0.1) is 0 Å². The van der Waals surface area contributed by atoms with Gasteiger partial charge in [0.2, 0.25) is 0 Å². The van der Waals surface area contributed by atoms with E-state index in [-0.39, 0.29) is 5.97 Å². The predicted molar refractivity (Wildman–Crippen MR) is 54.1 cm³/mol. The number of carbonyl (C=O) groups excluding carboxylic acids is 1. The summed E-state index contributed by atoms with van der Waals surface area (Å²) >= 11 is 3.31. The third-order valence-electron chi connectivity index (χ3n) is 1.66. The lowest BCUT2D eigenvalue weighted by Gasteiger charge is -2.03. The molecule has 0 fully saturated rings. The quantitative estimate of drug-likeness (QED) is 0.501. The Morgan fingerprint density at radius 3 is 2.71 bits per heavy atom. The monoisotopic (exact) mass is 260 g/mol. The first-order valence-corrected chi connectivity index (χ1v) is 4.72. The van der Waals surface area contributed by atoms with Gasteiger partial charge < -0.3 is 4.74 Å². The van der Waals surface area contributed by atoms with Gasteiger partial charge in [-0.1, -0.05) is 15.9 Å². The number of benzene rings is 1. The molecule has 0 radical (unpaired) electrons. The van der Waals surface area contributed by atoms with E-state index in [1.165, 1.54) is 19.7 Å². The molecule has 0 atom stereocenters. The van der Waals surface area contributed by atoms with E-state index in [2.05, 4.69) is 20.7 Å². The van der Waals surface area contributed by atoms with Gasteiger partial charge in [0, 0.05) is 10.5 Å². The summed E-state index contributed by atoms with van der Waals surface area (Å²) in [5.41, 5.74) is 2.67. The molecule has 0 spiro atoms. The van der Waals surface area contributed by atoms with Gasteiger partial charge in [0.25, 0.3) is 0 Å². The van der Waals surface area contributed by atoms with Gasteiger partial charge >= 0.3 is 5.97 Å². The number of rotatable bonds is 3. The average molecular weight is 261 g/mol. The van der Waals surface area contributed by atoms with Crippen molar-refractivity contribution in [3.63, 3.8) is 0 Å². The van der Waals surface area contributed by atoms with Crippen LogP contribution in [0.4, 0.5) is 5.69 Å². The smallest absolute Gasteiger partial charge is 0.344 e. The summed E-state index contributed by atoms with van der Waals surface area (Å²) < 4.78 is 5.52. The van der Waals surface area contributed by atoms with Crippen LogP contribution in [0, 0.1) is 0 Å². The molecule has 4 nitrogen and oxygen atoms in total. The lowest BCUT2D eigenvalue weighted by atomic mass is 10.2. The molecule has 2 N–H and O–H groups in total. The van der Waals surface area contributed by atoms with Crippen molar-refractivity contribution >= 4 is 27.6 Å². The van der Waals surface area contributed by atoms with E-state index in [9.17, 15) is 4.79 Å². The number of carbonyl (C=O) groups is 1. The zero-order valence-electron chi connectivity index (χ0n) is 7.91. The topological polar surface area (TPSA) is 52.1 Å². The minimum Gasteiger partial charge on any atom is -0.465 e. The number of nitrogens with two attached hydrogens (primary N) is 1. The zero-order chi connectivity index (χ0) is 10.6. The number of esters is 1. The van der Waals surface area contributed by atoms with Gasteiger partial charge in [-0.3, -0.25) is 0 Å². The maximum atomic E-state index is 11.3. The van der Waals surface area contributed by atoms with Crippen molar-refractivity contribution in [3.05, 3.63) is 28.2 Å². The molecule has 0 unspecified atom stereocenters. The molecular formula is C9H11BrNO3+. The van der Waals surface area contributed by atoms with Gasteiger partial charge in [0.05, 0.1) is 14.2 Å². The fraction of sp³-hybridized carbons (Fsp3) is 0.222. The summed E-state index contributed by atoms with van der Waals surface area (Å²) in [5, 5.41) is 0. The van der Waals surface area contributed by atoms with Crippen molar-refractivity contribution in [2.45, 2.75) is 0 Å². The fourth-order valence-corrected chi connectivity index (χ4v) is 1.43. The lowest BCUT2D eigenvalue weighted by Crippen LogP contribution is -2.76. The molecule has 1 aromatic carbocycles. The van der Waals surface area contributed by atoms with Crippen LogP contribution in [0.2, 0.25) is 0 Å². The first kappa shape index (κ1) is 11.2. The molecule has 5 heteroatoms. The van der Waals surface area contributed by atoms with Crippen LogP contribution in [0.1, 0.15) is 10.4 Å². The van der Waals surface area contributed by atoms with Crippen LogP contribution in [0.3, 0.4) is 0 Å². The zero-order valence-corrected chi connectivity index (χ0v) is 9.50. The normalized spacial score (nSPS) is 9.93. The van der Waals surface area contributed by atoms with E-state index in [0.29, 0.717) is 11.3 Å². The van der Waals surface area contributed by atoms with Crippen molar-refractivity contribution in [1.82, 2.24) is 0 Å². The molecule has 0 heterocycles. The molecule has 1 rings (SSSR count). The van der Waals surface area contributed by atoms with E-state index in [1.54, 1.807) is 18.2 Å². The largest absolute Gasteiger partial charge is 0.465 e. The minimum absolute atomic E-state index is 0.374. The van der Waals surface area contributed by atoms with Crippen molar-refractivity contribution in [3.8, 4) is 0 Å². The van der Waals surface area contributed by atoms with Gasteiger partial charge in [-0.2, -0.15) is 5.48 Å². The second-order valence-electron chi connectivity index (χ2n) is 2.58. The Morgan fingerprint density at radius 1 is 1.43 bits per heavy atom. The van der Waals surface area contributed by atoms with Gasteiger partial charge in [-0.25, -0.2) is 9.63 Å². The third-order valence-corrected chi connectivity index (χ3v) is 2.16. The van der Waals surface area contributed by atoms with Gasteiger partial charge in [0.1, 0.15) is 5.56 Å². The summed E-state index contributed by atoms with van der Waals surface area (Å²) in [5.74, 6) is -0.374. The first-order chi connectivity index (χ1) is 6.69.